The number of halogens is 1. The van der Waals surface area contributed by atoms with Crippen LogP contribution in [0.1, 0.15) is 18.4 Å². The fourth-order valence-electron chi connectivity index (χ4n) is 2.16. The number of non-ortho nitro benzene ring substituents is 1. The molecule has 2 N–H and O–H groups in total. The van der Waals surface area contributed by atoms with Crippen molar-refractivity contribution in [2.75, 3.05) is 17.2 Å². The molecule has 0 radical (unpaired) electrons. The Bertz CT molecular complexity index is 732. The summed E-state index contributed by atoms with van der Waals surface area (Å²) in [6.45, 7) is 2.59. The highest BCUT2D eigenvalue weighted by molar-refractivity contribution is 14.1. The van der Waals surface area contributed by atoms with Gasteiger partial charge < -0.3 is 10.6 Å². The lowest BCUT2D eigenvalue weighted by Crippen LogP contribution is -2.14. The smallest absolute Gasteiger partial charge is 0.269 e. The molecule has 2 aromatic carbocycles. The molecule has 0 aliphatic carbocycles. The van der Waals surface area contributed by atoms with E-state index in [0.717, 1.165) is 20.5 Å². The van der Waals surface area contributed by atoms with E-state index in [1.807, 2.05) is 25.1 Å². The van der Waals surface area contributed by atoms with Crippen LogP contribution in [0.25, 0.3) is 0 Å². The number of rotatable bonds is 7. The Balaban J connectivity index is 1.73. The number of nitrogens with one attached hydrogen (secondary N) is 2. The van der Waals surface area contributed by atoms with E-state index in [9.17, 15) is 14.9 Å². The van der Waals surface area contributed by atoms with Crippen LogP contribution in [0.4, 0.5) is 17.1 Å². The van der Waals surface area contributed by atoms with E-state index in [1.165, 1.54) is 12.1 Å². The van der Waals surface area contributed by atoms with E-state index in [1.54, 1.807) is 12.1 Å². The molecule has 7 heteroatoms. The molecule has 0 atom stereocenters. The average molecular weight is 439 g/mol. The fraction of sp³-hybridized carbons (Fsp3) is 0.235. The number of carbonyl (C=O) groups excluding carboxylic acids is 1. The zero-order valence-electron chi connectivity index (χ0n) is 13.2. The SMILES string of the molecule is Cc1cc(I)ccc1NC(=O)CCCNc1ccc([N+](=O)[O-])cc1. The second kappa shape index (κ2) is 8.62. The zero-order chi connectivity index (χ0) is 17.5. The highest BCUT2D eigenvalue weighted by Crippen LogP contribution is 2.18. The molecule has 0 fully saturated rings. The van der Waals surface area contributed by atoms with Gasteiger partial charge in [0, 0.05) is 40.0 Å². The van der Waals surface area contributed by atoms with Gasteiger partial charge in [-0.15, -0.1) is 0 Å². The molecule has 2 rings (SSSR count). The molecule has 0 heterocycles. The molecule has 0 aliphatic rings. The van der Waals surface area contributed by atoms with E-state index in [2.05, 4.69) is 33.2 Å². The van der Waals surface area contributed by atoms with Crippen molar-refractivity contribution in [3.05, 3.63) is 61.7 Å². The van der Waals surface area contributed by atoms with Crippen LogP contribution in [0, 0.1) is 20.6 Å². The molecule has 0 aromatic heterocycles. The second-order valence-corrected chi connectivity index (χ2v) is 6.59. The summed E-state index contributed by atoms with van der Waals surface area (Å²) in [6, 6.07) is 12.1. The fourth-order valence-corrected chi connectivity index (χ4v) is 2.81. The molecule has 0 saturated carbocycles. The maximum absolute atomic E-state index is 12.0. The van der Waals surface area contributed by atoms with E-state index < -0.39 is 4.92 Å². The van der Waals surface area contributed by atoms with Crippen LogP contribution in [0.3, 0.4) is 0 Å². The minimum atomic E-state index is -0.430. The molecule has 0 aliphatic heterocycles. The van der Waals surface area contributed by atoms with Gasteiger partial charge >= 0.3 is 0 Å². The Morgan fingerprint density at radius 2 is 1.92 bits per heavy atom. The van der Waals surface area contributed by atoms with Gasteiger partial charge in [-0.05, 0) is 71.8 Å². The standard InChI is InChI=1S/C17H18IN3O3/c1-12-11-13(18)4-9-16(12)20-17(22)3-2-10-19-14-5-7-15(8-6-14)21(23)24/h4-9,11,19H,2-3,10H2,1H3,(H,20,22). The summed E-state index contributed by atoms with van der Waals surface area (Å²) in [4.78, 5) is 22.1. The summed E-state index contributed by atoms with van der Waals surface area (Å²) >= 11 is 2.24. The second-order valence-electron chi connectivity index (χ2n) is 5.34. The third-order valence-electron chi connectivity index (χ3n) is 3.45. The van der Waals surface area contributed by atoms with Crippen molar-refractivity contribution in [3.63, 3.8) is 0 Å². The first-order chi connectivity index (χ1) is 11.5. The van der Waals surface area contributed by atoms with Gasteiger partial charge in [0.1, 0.15) is 0 Å². The summed E-state index contributed by atoms with van der Waals surface area (Å²) in [5.74, 6) is -0.0233. The van der Waals surface area contributed by atoms with Crippen molar-refractivity contribution in [1.82, 2.24) is 0 Å². The van der Waals surface area contributed by atoms with Gasteiger partial charge in [-0.2, -0.15) is 0 Å². The minimum Gasteiger partial charge on any atom is -0.385 e. The molecule has 0 unspecified atom stereocenters. The van der Waals surface area contributed by atoms with E-state index in [-0.39, 0.29) is 11.6 Å². The van der Waals surface area contributed by atoms with Gasteiger partial charge in [0.2, 0.25) is 5.91 Å². The first kappa shape index (κ1) is 18.2. The molecule has 0 bridgehead atoms. The highest BCUT2D eigenvalue weighted by atomic mass is 127. The summed E-state index contributed by atoms with van der Waals surface area (Å²) in [5, 5.41) is 16.6. The summed E-state index contributed by atoms with van der Waals surface area (Å²) in [5.41, 5.74) is 2.74. The maximum atomic E-state index is 12.0. The number of amides is 1. The number of hydrogen-bond acceptors (Lipinski definition) is 4. The van der Waals surface area contributed by atoms with E-state index in [0.29, 0.717) is 19.4 Å². The number of anilines is 2. The Labute approximate surface area is 153 Å². The number of benzene rings is 2. The first-order valence-electron chi connectivity index (χ1n) is 7.50. The van der Waals surface area contributed by atoms with Gasteiger partial charge in [-0.25, -0.2) is 0 Å². The third kappa shape index (κ3) is 5.48. The maximum Gasteiger partial charge on any atom is 0.269 e. The molecule has 0 saturated heterocycles. The molecule has 126 valence electrons. The summed E-state index contributed by atoms with van der Waals surface area (Å²) in [7, 11) is 0. The van der Waals surface area contributed by atoms with Crippen molar-refractivity contribution in [1.29, 1.82) is 0 Å². The van der Waals surface area contributed by atoms with Crippen molar-refractivity contribution < 1.29 is 9.72 Å². The number of hydrogen-bond donors (Lipinski definition) is 2. The van der Waals surface area contributed by atoms with Crippen molar-refractivity contribution in [2.24, 2.45) is 0 Å². The molecular formula is C17H18IN3O3. The van der Waals surface area contributed by atoms with E-state index >= 15 is 0 Å². The van der Waals surface area contributed by atoms with Crippen molar-refractivity contribution in [2.45, 2.75) is 19.8 Å². The lowest BCUT2D eigenvalue weighted by atomic mass is 10.2. The van der Waals surface area contributed by atoms with Gasteiger partial charge in [-0.1, -0.05) is 0 Å². The molecular weight excluding hydrogens is 421 g/mol. The van der Waals surface area contributed by atoms with Gasteiger partial charge in [-0.3, -0.25) is 14.9 Å². The molecule has 24 heavy (non-hydrogen) atoms. The third-order valence-corrected chi connectivity index (χ3v) is 4.12. The number of nitrogens with zero attached hydrogens (tertiary/aromatic N) is 1. The lowest BCUT2D eigenvalue weighted by Gasteiger charge is -2.09. The quantitative estimate of drug-likeness (QED) is 0.291. The number of nitro benzene ring substituents is 1. The molecule has 6 nitrogen and oxygen atoms in total. The van der Waals surface area contributed by atoms with Crippen LogP contribution >= 0.6 is 22.6 Å². The number of aryl methyl sites for hydroxylation is 1. The Morgan fingerprint density at radius 3 is 2.54 bits per heavy atom. The normalized spacial score (nSPS) is 10.2. The highest BCUT2D eigenvalue weighted by Gasteiger charge is 2.06. The zero-order valence-corrected chi connectivity index (χ0v) is 15.4. The topological polar surface area (TPSA) is 84.3 Å². The van der Waals surface area contributed by atoms with Gasteiger partial charge in [0.15, 0.2) is 0 Å². The number of carbonyl (C=O) groups is 1. The van der Waals surface area contributed by atoms with Gasteiger partial charge in [0.05, 0.1) is 4.92 Å². The average Bonchev–Trinajstić information content (AvgIpc) is 2.55. The predicted molar refractivity (Wildman–Crippen MR) is 103 cm³/mol. The molecule has 2 aromatic rings. The Hall–Kier alpha value is -2.16. The van der Waals surface area contributed by atoms with Crippen molar-refractivity contribution in [3.8, 4) is 0 Å². The largest absolute Gasteiger partial charge is 0.385 e. The van der Waals surface area contributed by atoms with Crippen LogP contribution in [0.15, 0.2) is 42.5 Å². The van der Waals surface area contributed by atoms with E-state index in [4.69, 9.17) is 0 Å². The first-order valence-corrected chi connectivity index (χ1v) is 8.58. The van der Waals surface area contributed by atoms with Gasteiger partial charge in [0.25, 0.3) is 5.69 Å². The van der Waals surface area contributed by atoms with Crippen LogP contribution < -0.4 is 10.6 Å². The Morgan fingerprint density at radius 1 is 1.21 bits per heavy atom. The van der Waals surface area contributed by atoms with Crippen molar-refractivity contribution >= 4 is 45.6 Å². The van der Waals surface area contributed by atoms with Crippen LogP contribution in [-0.2, 0) is 4.79 Å². The minimum absolute atomic E-state index is 0.0233. The number of nitro groups is 1. The predicted octanol–water partition coefficient (Wildman–Crippen LogP) is 4.34. The van der Waals surface area contributed by atoms with Crippen LogP contribution in [-0.4, -0.2) is 17.4 Å². The monoisotopic (exact) mass is 439 g/mol. The van der Waals surface area contributed by atoms with Crippen LogP contribution in [0.5, 0.6) is 0 Å². The molecule has 1 amide bonds. The summed E-state index contributed by atoms with van der Waals surface area (Å²) in [6.07, 6.45) is 1.08. The lowest BCUT2D eigenvalue weighted by molar-refractivity contribution is -0.384. The molecule has 0 spiro atoms. The summed E-state index contributed by atoms with van der Waals surface area (Å²) < 4.78 is 1.13. The Kier molecular flexibility index (Phi) is 6.53. The van der Waals surface area contributed by atoms with Crippen LogP contribution in [0.2, 0.25) is 0 Å².